The van der Waals surface area contributed by atoms with Gasteiger partial charge in [-0.25, -0.2) is 0 Å². The molecule has 0 fully saturated rings. The lowest BCUT2D eigenvalue weighted by atomic mass is 9.87. The fourth-order valence-corrected chi connectivity index (χ4v) is 3.05. The number of benzene rings is 1. The summed E-state index contributed by atoms with van der Waals surface area (Å²) in [4.78, 5) is 0. The monoisotopic (exact) mass is 323 g/mol. The second-order valence-corrected chi connectivity index (χ2v) is 7.31. The number of rotatable bonds is 3. The molecular formula is C21H25NO2. The quantitative estimate of drug-likeness (QED) is 0.607. The summed E-state index contributed by atoms with van der Waals surface area (Å²) in [7, 11) is 0. The highest BCUT2D eigenvalue weighted by atomic mass is 16.5. The van der Waals surface area contributed by atoms with Crippen molar-refractivity contribution in [3.63, 3.8) is 0 Å². The Hall–Kier alpha value is -2.29. The third kappa shape index (κ3) is 3.16. The first-order chi connectivity index (χ1) is 11.4. The first-order valence-corrected chi connectivity index (χ1v) is 8.60. The molecule has 1 aliphatic rings. The second-order valence-electron chi connectivity index (χ2n) is 7.31. The molecule has 3 rings (SSSR count). The van der Waals surface area contributed by atoms with Crippen molar-refractivity contribution in [3.05, 3.63) is 70.7 Å². The van der Waals surface area contributed by atoms with Crippen molar-refractivity contribution in [2.24, 2.45) is 5.41 Å². The van der Waals surface area contributed by atoms with E-state index in [1.165, 1.54) is 5.56 Å². The van der Waals surface area contributed by atoms with Crippen molar-refractivity contribution in [2.45, 2.75) is 40.0 Å². The summed E-state index contributed by atoms with van der Waals surface area (Å²) in [6, 6.07) is 11.9. The molecule has 0 N–H and O–H groups in total. The predicted octanol–water partition coefficient (Wildman–Crippen LogP) is 4.68. The lowest BCUT2D eigenvalue weighted by molar-refractivity contribution is -0.607. The van der Waals surface area contributed by atoms with Gasteiger partial charge in [0.1, 0.15) is 5.75 Å². The SMILES string of the molecule is CCC(C)c1ccc2c(c1)C(c1cccc[n+]1[O-])=CC(C)(C)CO2. The molecule has 3 heteroatoms. The van der Waals surface area contributed by atoms with Gasteiger partial charge in [-0.1, -0.05) is 39.8 Å². The van der Waals surface area contributed by atoms with Crippen molar-refractivity contribution < 1.29 is 9.47 Å². The van der Waals surface area contributed by atoms with E-state index in [9.17, 15) is 5.21 Å². The minimum Gasteiger partial charge on any atom is -0.618 e. The lowest BCUT2D eigenvalue weighted by Crippen LogP contribution is -2.30. The molecule has 0 saturated heterocycles. The Balaban J connectivity index is 2.22. The number of pyridine rings is 1. The van der Waals surface area contributed by atoms with E-state index < -0.39 is 0 Å². The van der Waals surface area contributed by atoms with E-state index >= 15 is 0 Å². The van der Waals surface area contributed by atoms with E-state index in [2.05, 4.69) is 45.9 Å². The smallest absolute Gasteiger partial charge is 0.224 e. The van der Waals surface area contributed by atoms with Gasteiger partial charge in [-0.15, -0.1) is 0 Å². The van der Waals surface area contributed by atoms with Gasteiger partial charge in [-0.2, -0.15) is 4.73 Å². The number of ether oxygens (including phenoxy) is 1. The zero-order valence-electron chi connectivity index (χ0n) is 14.9. The largest absolute Gasteiger partial charge is 0.618 e. The number of aromatic nitrogens is 1. The Morgan fingerprint density at radius 3 is 2.75 bits per heavy atom. The summed E-state index contributed by atoms with van der Waals surface area (Å²) in [6.45, 7) is 9.27. The maximum Gasteiger partial charge on any atom is 0.224 e. The molecular weight excluding hydrogens is 298 g/mol. The Morgan fingerprint density at radius 1 is 1.25 bits per heavy atom. The minimum atomic E-state index is -0.145. The molecule has 1 aliphatic heterocycles. The molecule has 2 aromatic rings. The van der Waals surface area contributed by atoms with Gasteiger partial charge < -0.3 is 9.94 Å². The fraction of sp³-hybridized carbons (Fsp3) is 0.381. The zero-order chi connectivity index (χ0) is 17.3. The van der Waals surface area contributed by atoms with E-state index in [-0.39, 0.29) is 5.41 Å². The van der Waals surface area contributed by atoms with Crippen LogP contribution in [-0.2, 0) is 0 Å². The summed E-state index contributed by atoms with van der Waals surface area (Å²) < 4.78 is 7.00. The molecule has 1 aromatic heterocycles. The molecule has 0 spiro atoms. The van der Waals surface area contributed by atoms with Gasteiger partial charge in [0.2, 0.25) is 5.69 Å². The van der Waals surface area contributed by atoms with Crippen LogP contribution in [0.4, 0.5) is 0 Å². The number of hydrogen-bond donors (Lipinski definition) is 0. The van der Waals surface area contributed by atoms with Crippen molar-refractivity contribution in [3.8, 4) is 5.75 Å². The molecule has 1 aromatic carbocycles. The first kappa shape index (κ1) is 16.6. The van der Waals surface area contributed by atoms with Crippen LogP contribution in [0.15, 0.2) is 48.7 Å². The highest BCUT2D eigenvalue weighted by Crippen LogP contribution is 2.39. The van der Waals surface area contributed by atoms with Crippen LogP contribution in [-0.4, -0.2) is 6.61 Å². The Morgan fingerprint density at radius 2 is 2.04 bits per heavy atom. The second kappa shape index (κ2) is 6.31. The Labute approximate surface area is 144 Å². The summed E-state index contributed by atoms with van der Waals surface area (Å²) in [5.41, 5.74) is 3.76. The van der Waals surface area contributed by atoms with Gasteiger partial charge in [0.05, 0.1) is 12.2 Å². The van der Waals surface area contributed by atoms with Crippen molar-refractivity contribution in [2.75, 3.05) is 6.61 Å². The van der Waals surface area contributed by atoms with Crippen LogP contribution in [0, 0.1) is 10.6 Å². The summed E-state index contributed by atoms with van der Waals surface area (Å²) in [5, 5.41) is 12.4. The van der Waals surface area contributed by atoms with Crippen LogP contribution in [0.25, 0.3) is 5.57 Å². The van der Waals surface area contributed by atoms with Gasteiger partial charge in [-0.3, -0.25) is 0 Å². The van der Waals surface area contributed by atoms with E-state index in [0.717, 1.165) is 28.0 Å². The van der Waals surface area contributed by atoms with Crippen LogP contribution in [0.5, 0.6) is 5.75 Å². The topological polar surface area (TPSA) is 36.2 Å². The van der Waals surface area contributed by atoms with Crippen LogP contribution in [0.2, 0.25) is 0 Å². The highest BCUT2D eigenvalue weighted by Gasteiger charge is 2.28. The molecule has 0 saturated carbocycles. The molecule has 0 aliphatic carbocycles. The van der Waals surface area contributed by atoms with Crippen molar-refractivity contribution >= 4 is 5.57 Å². The molecule has 0 radical (unpaired) electrons. The van der Waals surface area contributed by atoms with E-state index in [1.807, 2.05) is 18.2 Å². The molecule has 24 heavy (non-hydrogen) atoms. The van der Waals surface area contributed by atoms with Crippen LogP contribution >= 0.6 is 0 Å². The lowest BCUT2D eigenvalue weighted by Gasteiger charge is -2.18. The Kier molecular flexibility index (Phi) is 4.35. The van der Waals surface area contributed by atoms with E-state index in [4.69, 9.17) is 4.74 Å². The standard InChI is InChI=1S/C21H25NO2/c1-5-15(2)16-9-10-20-17(12-16)18(13-21(3,4)14-24-20)19-8-6-7-11-22(19)23/h6-13,15H,5,14H2,1-4H3. The van der Waals surface area contributed by atoms with E-state index in [0.29, 0.717) is 18.2 Å². The van der Waals surface area contributed by atoms with Gasteiger partial charge >= 0.3 is 0 Å². The number of hydrogen-bond acceptors (Lipinski definition) is 2. The molecule has 2 heterocycles. The Bertz CT molecular complexity index is 777. The zero-order valence-corrected chi connectivity index (χ0v) is 14.9. The summed E-state index contributed by atoms with van der Waals surface area (Å²) >= 11 is 0. The fourth-order valence-electron chi connectivity index (χ4n) is 3.05. The van der Waals surface area contributed by atoms with Crippen LogP contribution < -0.4 is 9.47 Å². The third-order valence-electron chi connectivity index (χ3n) is 4.71. The summed E-state index contributed by atoms with van der Waals surface area (Å²) in [6.07, 6.45) is 4.80. The van der Waals surface area contributed by atoms with Crippen molar-refractivity contribution in [1.82, 2.24) is 0 Å². The van der Waals surface area contributed by atoms with Gasteiger partial charge in [0.25, 0.3) is 0 Å². The summed E-state index contributed by atoms with van der Waals surface area (Å²) in [5.74, 6) is 1.32. The predicted molar refractivity (Wildman–Crippen MR) is 96.9 cm³/mol. The maximum absolute atomic E-state index is 12.4. The number of nitrogens with zero attached hydrogens (tertiary/aromatic N) is 1. The maximum atomic E-state index is 12.4. The van der Waals surface area contributed by atoms with E-state index in [1.54, 1.807) is 12.3 Å². The molecule has 0 bridgehead atoms. The molecule has 0 amide bonds. The first-order valence-electron chi connectivity index (χ1n) is 8.60. The molecule has 1 atom stereocenters. The van der Waals surface area contributed by atoms with Gasteiger partial charge in [-0.05, 0) is 36.1 Å². The van der Waals surface area contributed by atoms with Gasteiger partial charge in [0.15, 0.2) is 6.20 Å². The average Bonchev–Trinajstić information content (AvgIpc) is 2.70. The normalized spacial score (nSPS) is 17.2. The van der Waals surface area contributed by atoms with Crippen LogP contribution in [0.1, 0.15) is 56.9 Å². The molecule has 3 nitrogen and oxygen atoms in total. The molecule has 126 valence electrons. The van der Waals surface area contributed by atoms with Crippen LogP contribution in [0.3, 0.4) is 0 Å². The molecule has 1 unspecified atom stereocenters. The third-order valence-corrected chi connectivity index (χ3v) is 4.71. The van der Waals surface area contributed by atoms with Gasteiger partial charge in [0, 0.05) is 23.1 Å². The van der Waals surface area contributed by atoms with Crippen molar-refractivity contribution in [1.29, 1.82) is 0 Å². The minimum absolute atomic E-state index is 0.145. The number of fused-ring (bicyclic) bond motifs is 1. The highest BCUT2D eigenvalue weighted by molar-refractivity contribution is 5.81. The average molecular weight is 323 g/mol.